The van der Waals surface area contributed by atoms with Crippen LogP contribution >= 0.6 is 58.4 Å². The fraction of sp³-hybridized carbons (Fsp3) is 0.500. The van der Waals surface area contributed by atoms with Gasteiger partial charge < -0.3 is 4.74 Å². The van der Waals surface area contributed by atoms with Crippen LogP contribution in [-0.4, -0.2) is 24.1 Å². The van der Waals surface area contributed by atoms with Crippen molar-refractivity contribution in [1.82, 2.24) is 0 Å². The fourth-order valence-electron chi connectivity index (χ4n) is 1.14. The van der Waals surface area contributed by atoms with Gasteiger partial charge >= 0.3 is 5.97 Å². The maximum atomic E-state index is 11.1. The van der Waals surface area contributed by atoms with Crippen molar-refractivity contribution in [3.63, 3.8) is 0 Å². The quantitative estimate of drug-likeness (QED) is 0.613. The third-order valence-corrected chi connectivity index (χ3v) is 7.92. The minimum absolute atomic E-state index is 0.129. The van der Waals surface area contributed by atoms with Crippen molar-refractivity contribution in [2.24, 2.45) is 0 Å². The van der Waals surface area contributed by atoms with Gasteiger partial charge in [0.2, 0.25) is 0 Å². The van der Waals surface area contributed by atoms with Gasteiger partial charge in [-0.2, -0.15) is 0 Å². The van der Waals surface area contributed by atoms with Crippen molar-refractivity contribution in [3.8, 4) is 0 Å². The van der Waals surface area contributed by atoms with E-state index in [2.05, 4.69) is 4.74 Å². The highest BCUT2D eigenvalue weighted by Crippen LogP contribution is 2.48. The zero-order chi connectivity index (χ0) is 10.8. The molecule has 0 aromatic carbocycles. The number of hydrogen-bond donors (Lipinski definition) is 0. The zero-order valence-electron chi connectivity index (χ0n) is 7.85. The van der Waals surface area contributed by atoms with E-state index in [4.69, 9.17) is 12.2 Å². The highest BCUT2D eigenvalue weighted by molar-refractivity contribution is 8.08. The van der Waals surface area contributed by atoms with Crippen molar-refractivity contribution in [3.05, 3.63) is 3.14 Å². The van der Waals surface area contributed by atoms with Gasteiger partial charge in [-0.05, 0) is 0 Å². The Hall–Kier alpha value is 0.440. The summed E-state index contributed by atoms with van der Waals surface area (Å²) in [6, 6.07) is 0. The molecule has 0 N–H and O–H groups in total. The molecule has 2 heterocycles. The molecule has 1 aromatic heterocycles. The molecule has 0 aliphatic carbocycles. The van der Waals surface area contributed by atoms with Crippen molar-refractivity contribution in [2.45, 2.75) is 20.1 Å². The van der Waals surface area contributed by atoms with Crippen molar-refractivity contribution >= 4 is 64.4 Å². The summed E-state index contributed by atoms with van der Waals surface area (Å²) < 4.78 is 8.23. The van der Waals surface area contributed by atoms with E-state index in [-0.39, 0.29) is 5.97 Å². The first-order chi connectivity index (χ1) is 7.19. The molecule has 1 aliphatic heterocycles. The standard InChI is InChI=1S/C8H8O2S5/c1-10-5(9)2-4-3-12-6-7(13-4)15-8(11)14-6/h4H,2-3H2,1H3. The van der Waals surface area contributed by atoms with E-state index in [0.717, 1.165) is 8.89 Å². The molecular weight excluding hydrogens is 288 g/mol. The summed E-state index contributed by atoms with van der Waals surface area (Å²) in [6.07, 6.45) is 0.489. The first kappa shape index (κ1) is 11.9. The number of rotatable bonds is 2. The van der Waals surface area contributed by atoms with Gasteiger partial charge in [-0.1, -0.05) is 12.2 Å². The van der Waals surface area contributed by atoms with Crippen LogP contribution in [0.4, 0.5) is 0 Å². The Kier molecular flexibility index (Phi) is 4.11. The number of esters is 1. The largest absolute Gasteiger partial charge is 0.469 e. The molecule has 2 rings (SSSR count). The predicted molar refractivity (Wildman–Crippen MR) is 70.0 cm³/mol. The lowest BCUT2D eigenvalue weighted by atomic mass is 10.3. The van der Waals surface area contributed by atoms with Crippen LogP contribution in [0.15, 0.2) is 8.42 Å². The summed E-state index contributed by atoms with van der Waals surface area (Å²) in [7, 11) is 1.43. The number of methoxy groups -OCH3 is 1. The third-order valence-electron chi connectivity index (χ3n) is 1.81. The van der Waals surface area contributed by atoms with Gasteiger partial charge in [-0.15, -0.1) is 46.2 Å². The fourth-order valence-corrected chi connectivity index (χ4v) is 7.76. The Labute approximate surface area is 109 Å². The molecule has 2 nitrogen and oxygen atoms in total. The zero-order valence-corrected chi connectivity index (χ0v) is 11.9. The topological polar surface area (TPSA) is 26.3 Å². The molecule has 0 bridgehead atoms. The molecule has 7 heteroatoms. The lowest BCUT2D eigenvalue weighted by Gasteiger charge is -2.18. The average molecular weight is 296 g/mol. The van der Waals surface area contributed by atoms with E-state index in [0.29, 0.717) is 11.7 Å². The molecule has 0 spiro atoms. The Morgan fingerprint density at radius 2 is 2.27 bits per heavy atom. The first-order valence-electron chi connectivity index (χ1n) is 4.19. The number of thioether (sulfide) groups is 2. The SMILES string of the molecule is COC(=O)CC1CSc2sc(=S)sc2S1. The molecule has 1 unspecified atom stereocenters. The number of hydrogen-bond acceptors (Lipinski definition) is 7. The Morgan fingerprint density at radius 3 is 3.00 bits per heavy atom. The van der Waals surface area contributed by atoms with Gasteiger partial charge in [0.15, 0.2) is 0 Å². The summed E-state index contributed by atoms with van der Waals surface area (Å²) in [5.74, 6) is 0.838. The van der Waals surface area contributed by atoms with Crippen molar-refractivity contribution in [1.29, 1.82) is 0 Å². The minimum Gasteiger partial charge on any atom is -0.469 e. The van der Waals surface area contributed by atoms with Crippen LogP contribution in [0, 0.1) is 3.14 Å². The van der Waals surface area contributed by atoms with Crippen LogP contribution in [-0.2, 0) is 9.53 Å². The third kappa shape index (κ3) is 2.97. The maximum Gasteiger partial charge on any atom is 0.306 e. The second-order valence-electron chi connectivity index (χ2n) is 2.86. The molecule has 0 radical (unpaired) electrons. The van der Waals surface area contributed by atoms with Crippen LogP contribution < -0.4 is 0 Å². The van der Waals surface area contributed by atoms with Gasteiger partial charge in [0.05, 0.1) is 21.9 Å². The lowest BCUT2D eigenvalue weighted by Crippen LogP contribution is -2.15. The van der Waals surface area contributed by atoms with Crippen LogP contribution in [0.1, 0.15) is 6.42 Å². The normalized spacial score (nSPS) is 19.7. The molecule has 82 valence electrons. The van der Waals surface area contributed by atoms with E-state index in [9.17, 15) is 4.79 Å². The molecule has 0 saturated heterocycles. The van der Waals surface area contributed by atoms with Gasteiger partial charge in [-0.3, -0.25) is 4.79 Å². The van der Waals surface area contributed by atoms with Crippen molar-refractivity contribution < 1.29 is 9.53 Å². The molecule has 0 saturated carbocycles. The predicted octanol–water partition coefficient (Wildman–Crippen LogP) is 3.67. The smallest absolute Gasteiger partial charge is 0.306 e. The van der Waals surface area contributed by atoms with Crippen LogP contribution in [0.25, 0.3) is 0 Å². The van der Waals surface area contributed by atoms with Gasteiger partial charge in [0.1, 0.15) is 3.14 Å². The molecule has 1 aliphatic rings. The molecule has 0 amide bonds. The monoisotopic (exact) mass is 296 g/mol. The first-order valence-corrected chi connectivity index (χ1v) is 8.10. The molecule has 15 heavy (non-hydrogen) atoms. The molecule has 1 aromatic rings. The van der Waals surface area contributed by atoms with Crippen LogP contribution in [0.5, 0.6) is 0 Å². The van der Waals surface area contributed by atoms with Gasteiger partial charge in [0.25, 0.3) is 0 Å². The number of ether oxygens (including phenoxy) is 1. The van der Waals surface area contributed by atoms with Crippen molar-refractivity contribution in [2.75, 3.05) is 12.9 Å². The Bertz CT molecular complexity index is 421. The van der Waals surface area contributed by atoms with Crippen LogP contribution in [0.3, 0.4) is 0 Å². The van der Waals surface area contributed by atoms with Crippen LogP contribution in [0.2, 0.25) is 0 Å². The number of carbonyl (C=O) groups is 1. The highest BCUT2D eigenvalue weighted by Gasteiger charge is 2.24. The second-order valence-corrected chi connectivity index (χ2v) is 8.94. The lowest BCUT2D eigenvalue weighted by molar-refractivity contribution is -0.140. The van der Waals surface area contributed by atoms with E-state index in [1.54, 1.807) is 46.2 Å². The van der Waals surface area contributed by atoms with Gasteiger partial charge in [-0.25, -0.2) is 0 Å². The highest BCUT2D eigenvalue weighted by atomic mass is 32.2. The number of fused-ring (bicyclic) bond motifs is 1. The maximum absolute atomic E-state index is 11.1. The number of carbonyl (C=O) groups excluding carboxylic acids is 1. The summed E-state index contributed by atoms with van der Waals surface area (Å²) in [6.45, 7) is 0. The summed E-state index contributed by atoms with van der Waals surface area (Å²) in [5, 5.41) is 0.329. The Balaban J connectivity index is 2.05. The minimum atomic E-state index is -0.129. The molecular formula is C8H8O2S5. The Morgan fingerprint density at radius 1 is 1.53 bits per heavy atom. The average Bonchev–Trinajstić information content (AvgIpc) is 2.57. The molecule has 1 atom stereocenters. The summed E-state index contributed by atoms with van der Waals surface area (Å²) in [5.41, 5.74) is 0. The molecule has 0 fully saturated rings. The van der Waals surface area contributed by atoms with E-state index < -0.39 is 0 Å². The van der Waals surface area contributed by atoms with E-state index in [1.807, 2.05) is 0 Å². The summed E-state index contributed by atoms with van der Waals surface area (Å²) >= 11 is 12.0. The van der Waals surface area contributed by atoms with E-state index >= 15 is 0 Å². The summed E-state index contributed by atoms with van der Waals surface area (Å²) in [4.78, 5) is 11.1. The van der Waals surface area contributed by atoms with Gasteiger partial charge in [0, 0.05) is 11.0 Å². The van der Waals surface area contributed by atoms with E-state index in [1.165, 1.54) is 15.5 Å². The second kappa shape index (κ2) is 5.18.